The average Bonchev–Trinajstić information content (AvgIpc) is 2.99. The number of methoxy groups -OCH3 is 1. The van der Waals surface area contributed by atoms with Crippen LogP contribution in [0.3, 0.4) is 0 Å². The second-order valence-corrected chi connectivity index (χ2v) is 9.71. The summed E-state index contributed by atoms with van der Waals surface area (Å²) in [6.45, 7) is 3.57. The normalized spacial score (nSPS) is 14.5. The van der Waals surface area contributed by atoms with Crippen molar-refractivity contribution in [2.75, 3.05) is 20.3 Å². The van der Waals surface area contributed by atoms with Crippen molar-refractivity contribution >= 4 is 35.7 Å². The number of esters is 1. The van der Waals surface area contributed by atoms with Gasteiger partial charge >= 0.3 is 12.0 Å². The minimum absolute atomic E-state index is 0.186. The molecule has 3 aromatic carbocycles. The smallest absolute Gasteiger partial charge is 0.338 e. The summed E-state index contributed by atoms with van der Waals surface area (Å²) in [6, 6.07) is 18.3. The van der Waals surface area contributed by atoms with Gasteiger partial charge in [-0.25, -0.2) is 15.0 Å². The summed E-state index contributed by atoms with van der Waals surface area (Å²) < 4.78 is 22.0. The molecule has 11 nitrogen and oxygen atoms in total. The van der Waals surface area contributed by atoms with E-state index in [0.29, 0.717) is 34.4 Å². The van der Waals surface area contributed by atoms with Crippen LogP contribution in [-0.4, -0.2) is 44.4 Å². The fourth-order valence-electron chi connectivity index (χ4n) is 4.20. The Morgan fingerprint density at radius 2 is 1.84 bits per heavy atom. The molecule has 0 radical (unpaired) electrons. The van der Waals surface area contributed by atoms with Gasteiger partial charge in [0.05, 0.1) is 31.5 Å². The van der Waals surface area contributed by atoms with Crippen LogP contribution < -0.4 is 30.3 Å². The summed E-state index contributed by atoms with van der Waals surface area (Å²) in [5.74, 6) is 0.238. The summed E-state index contributed by atoms with van der Waals surface area (Å²) >= 11 is 6.00. The molecule has 0 saturated heterocycles. The quantitative estimate of drug-likeness (QED) is 0.155. The Kier molecular flexibility index (Phi) is 10.6. The number of carbonyl (C=O) groups excluding carboxylic acids is 3. The molecule has 224 valence electrons. The third-order valence-electron chi connectivity index (χ3n) is 6.22. The van der Waals surface area contributed by atoms with Gasteiger partial charge in [0.15, 0.2) is 18.1 Å². The number of allylic oxidation sites excluding steroid dienone is 1. The van der Waals surface area contributed by atoms with Crippen molar-refractivity contribution in [2.45, 2.75) is 26.5 Å². The molecular formula is C31H31ClN4O7. The first-order chi connectivity index (χ1) is 20.8. The van der Waals surface area contributed by atoms with E-state index < -0.39 is 23.9 Å². The van der Waals surface area contributed by atoms with E-state index in [0.717, 1.165) is 11.1 Å². The average molecular weight is 607 g/mol. The Morgan fingerprint density at radius 3 is 2.56 bits per heavy atom. The van der Waals surface area contributed by atoms with E-state index in [2.05, 4.69) is 21.2 Å². The van der Waals surface area contributed by atoms with Gasteiger partial charge in [-0.15, -0.1) is 0 Å². The van der Waals surface area contributed by atoms with Crippen molar-refractivity contribution in [1.82, 2.24) is 16.1 Å². The highest BCUT2D eigenvalue weighted by atomic mass is 35.5. The number of hydrogen-bond acceptors (Lipinski definition) is 8. The van der Waals surface area contributed by atoms with E-state index in [-0.39, 0.29) is 24.5 Å². The molecule has 3 amide bonds. The van der Waals surface area contributed by atoms with Crippen LogP contribution in [0, 0.1) is 0 Å². The van der Waals surface area contributed by atoms with E-state index in [1.54, 1.807) is 62.4 Å². The molecule has 1 heterocycles. The van der Waals surface area contributed by atoms with Crippen LogP contribution in [0.1, 0.15) is 36.6 Å². The number of carbonyl (C=O) groups is 3. The standard InChI is InChI=1S/C31H31ClN4O7/c1-4-41-30(38)28-19(2)34-31(39)35-29(28)22-10-13-25(26(15-22)40-3)43-18-27(37)36-33-16-20-8-11-24(12-9-20)42-17-21-6-5-7-23(32)14-21/h5-16,29H,4,17-18H2,1-3H3,(H,36,37)(H2,34,35,39)/b33-16+/t29-/m1/s1. The molecule has 1 aliphatic heterocycles. The zero-order chi connectivity index (χ0) is 30.8. The number of nitrogens with one attached hydrogen (secondary N) is 3. The molecule has 0 aliphatic carbocycles. The number of benzene rings is 3. The maximum absolute atomic E-state index is 12.6. The Balaban J connectivity index is 1.31. The second-order valence-electron chi connectivity index (χ2n) is 9.27. The summed E-state index contributed by atoms with van der Waals surface area (Å²) in [5.41, 5.74) is 5.36. The monoisotopic (exact) mass is 606 g/mol. The van der Waals surface area contributed by atoms with Crippen LogP contribution in [0.5, 0.6) is 17.2 Å². The molecule has 0 unspecified atom stereocenters. The van der Waals surface area contributed by atoms with Crippen LogP contribution in [0.4, 0.5) is 4.79 Å². The summed E-state index contributed by atoms with van der Waals surface area (Å²) in [6.07, 6.45) is 1.50. The topological polar surface area (TPSA) is 137 Å². The molecular weight excluding hydrogens is 576 g/mol. The second kappa shape index (κ2) is 14.7. The number of hydrogen-bond donors (Lipinski definition) is 3. The zero-order valence-corrected chi connectivity index (χ0v) is 24.6. The molecule has 3 aromatic rings. The lowest BCUT2D eigenvalue weighted by molar-refractivity contribution is -0.139. The van der Waals surface area contributed by atoms with Gasteiger partial charge in [0.25, 0.3) is 5.91 Å². The van der Waals surface area contributed by atoms with Gasteiger partial charge in [-0.3, -0.25) is 4.79 Å². The summed E-state index contributed by atoms with van der Waals surface area (Å²) in [7, 11) is 1.44. The predicted molar refractivity (Wildman–Crippen MR) is 160 cm³/mol. The van der Waals surface area contributed by atoms with Gasteiger partial charge in [0.1, 0.15) is 12.4 Å². The molecule has 43 heavy (non-hydrogen) atoms. The summed E-state index contributed by atoms with van der Waals surface area (Å²) in [5, 5.41) is 9.95. The first-order valence-corrected chi connectivity index (χ1v) is 13.7. The summed E-state index contributed by atoms with van der Waals surface area (Å²) in [4.78, 5) is 37.0. The Labute approximate surface area is 253 Å². The van der Waals surface area contributed by atoms with Gasteiger partial charge in [-0.2, -0.15) is 5.10 Å². The lowest BCUT2D eigenvalue weighted by Gasteiger charge is -2.28. The number of rotatable bonds is 12. The Morgan fingerprint density at radius 1 is 1.05 bits per heavy atom. The highest BCUT2D eigenvalue weighted by Gasteiger charge is 2.32. The van der Waals surface area contributed by atoms with Crippen molar-refractivity contribution in [3.8, 4) is 17.2 Å². The van der Waals surface area contributed by atoms with Crippen LogP contribution in [0.25, 0.3) is 0 Å². The van der Waals surface area contributed by atoms with Crippen molar-refractivity contribution in [3.63, 3.8) is 0 Å². The lowest BCUT2D eigenvalue weighted by Crippen LogP contribution is -2.45. The maximum Gasteiger partial charge on any atom is 0.338 e. The van der Waals surface area contributed by atoms with E-state index >= 15 is 0 Å². The molecule has 12 heteroatoms. The molecule has 0 spiro atoms. The van der Waals surface area contributed by atoms with Crippen LogP contribution in [0.2, 0.25) is 5.02 Å². The van der Waals surface area contributed by atoms with Crippen LogP contribution in [0.15, 0.2) is 83.1 Å². The Bertz CT molecular complexity index is 1540. The van der Waals surface area contributed by atoms with Gasteiger partial charge in [-0.1, -0.05) is 29.8 Å². The van der Waals surface area contributed by atoms with Gasteiger partial charge in [0.2, 0.25) is 0 Å². The fraction of sp³-hybridized carbons (Fsp3) is 0.226. The Hall–Kier alpha value is -5.03. The molecule has 1 aliphatic rings. The highest BCUT2D eigenvalue weighted by Crippen LogP contribution is 2.34. The van der Waals surface area contributed by atoms with E-state index in [9.17, 15) is 14.4 Å². The highest BCUT2D eigenvalue weighted by molar-refractivity contribution is 6.30. The SMILES string of the molecule is CCOC(=O)C1=C(C)NC(=O)N[C@@H]1c1ccc(OCC(=O)N/N=C/c2ccc(OCc3cccc(Cl)c3)cc2)c(OC)c1. The number of nitrogens with zero attached hydrogens (tertiary/aromatic N) is 1. The minimum Gasteiger partial charge on any atom is -0.493 e. The lowest BCUT2D eigenvalue weighted by atomic mass is 9.95. The fourth-order valence-corrected chi connectivity index (χ4v) is 4.42. The molecule has 0 fully saturated rings. The molecule has 1 atom stereocenters. The first-order valence-electron chi connectivity index (χ1n) is 13.3. The van der Waals surface area contributed by atoms with Gasteiger partial charge < -0.3 is 29.6 Å². The molecule has 4 rings (SSSR count). The van der Waals surface area contributed by atoms with E-state index in [1.807, 2.05) is 18.2 Å². The number of halogens is 1. The minimum atomic E-state index is -0.767. The largest absolute Gasteiger partial charge is 0.493 e. The number of hydrazone groups is 1. The van der Waals surface area contributed by atoms with Gasteiger partial charge in [0, 0.05) is 10.7 Å². The third-order valence-corrected chi connectivity index (χ3v) is 6.46. The molecule has 0 bridgehead atoms. The molecule has 0 aromatic heterocycles. The van der Waals surface area contributed by atoms with E-state index in [4.69, 9.17) is 30.5 Å². The van der Waals surface area contributed by atoms with Crippen molar-refractivity contribution < 1.29 is 33.3 Å². The van der Waals surface area contributed by atoms with Crippen molar-refractivity contribution in [2.24, 2.45) is 5.10 Å². The van der Waals surface area contributed by atoms with Crippen molar-refractivity contribution in [1.29, 1.82) is 0 Å². The molecule has 3 N–H and O–H groups in total. The zero-order valence-electron chi connectivity index (χ0n) is 23.8. The predicted octanol–water partition coefficient (Wildman–Crippen LogP) is 4.65. The van der Waals surface area contributed by atoms with Crippen LogP contribution in [-0.2, 0) is 20.9 Å². The van der Waals surface area contributed by atoms with Crippen LogP contribution >= 0.6 is 11.6 Å². The van der Waals surface area contributed by atoms with Crippen molar-refractivity contribution in [3.05, 3.63) is 99.7 Å². The number of amides is 3. The number of urea groups is 1. The van der Waals surface area contributed by atoms with E-state index in [1.165, 1.54) is 13.3 Å². The maximum atomic E-state index is 12.6. The number of ether oxygens (including phenoxy) is 4. The molecule has 0 saturated carbocycles. The van der Waals surface area contributed by atoms with Gasteiger partial charge in [-0.05, 0) is 79.1 Å². The third kappa shape index (κ3) is 8.49. The first kappa shape index (κ1) is 30.9.